The highest BCUT2D eigenvalue weighted by molar-refractivity contribution is 7.97. The van der Waals surface area contributed by atoms with Gasteiger partial charge in [-0.15, -0.1) is 0 Å². The average Bonchev–Trinajstić information content (AvgIpc) is 3.07. The van der Waals surface area contributed by atoms with Crippen LogP contribution in [0.3, 0.4) is 0 Å². The standard InChI is InChI=1S/C38H48O10S2/c1-5-7-9-11-13-15-25-47-37(41)31-33(39)36(50(45,46)30-23-19-28(4)20-24-30)32(38(42)48-26-16-14-12-10-8-6-2)34(40)35(31)49(43,44)29-21-17-27(3)18-22-29/h17-24H,5-16,25-26H2,1-4H3. The molecule has 0 aliphatic heterocycles. The molecule has 12 heteroatoms. The number of carbonyl (C=O) groups excluding carboxylic acids is 4. The minimum Gasteiger partial charge on any atom is -0.462 e. The van der Waals surface area contributed by atoms with Gasteiger partial charge in [0.2, 0.25) is 31.2 Å². The van der Waals surface area contributed by atoms with Gasteiger partial charge in [0.15, 0.2) is 0 Å². The lowest BCUT2D eigenvalue weighted by Gasteiger charge is -2.22. The van der Waals surface area contributed by atoms with Gasteiger partial charge >= 0.3 is 11.9 Å². The minimum atomic E-state index is -4.97. The van der Waals surface area contributed by atoms with Crippen LogP contribution in [-0.4, -0.2) is 53.6 Å². The van der Waals surface area contributed by atoms with Gasteiger partial charge in [-0.05, 0) is 51.0 Å². The molecule has 0 atom stereocenters. The van der Waals surface area contributed by atoms with Crippen molar-refractivity contribution in [3.8, 4) is 0 Å². The number of aryl methyl sites for hydroxylation is 2. The smallest absolute Gasteiger partial charge is 0.343 e. The largest absolute Gasteiger partial charge is 0.462 e. The van der Waals surface area contributed by atoms with E-state index in [1.54, 1.807) is 13.8 Å². The van der Waals surface area contributed by atoms with Crippen LogP contribution < -0.4 is 0 Å². The Morgan fingerprint density at radius 2 is 0.800 bits per heavy atom. The normalized spacial score (nSPS) is 13.9. The zero-order valence-electron chi connectivity index (χ0n) is 29.4. The topological polar surface area (TPSA) is 155 Å². The number of esters is 2. The summed E-state index contributed by atoms with van der Waals surface area (Å²) in [6.45, 7) is 7.15. The first-order chi connectivity index (χ1) is 23.8. The lowest BCUT2D eigenvalue weighted by Crippen LogP contribution is -2.37. The van der Waals surface area contributed by atoms with Crippen molar-refractivity contribution in [3.63, 3.8) is 0 Å². The van der Waals surface area contributed by atoms with Crippen molar-refractivity contribution in [3.05, 3.63) is 80.6 Å². The predicted molar refractivity (Wildman–Crippen MR) is 189 cm³/mol. The number of allylic oxidation sites excluding steroid dienone is 2. The number of benzene rings is 2. The number of rotatable bonds is 20. The quantitative estimate of drug-likeness (QED) is 0.0601. The molecule has 0 saturated heterocycles. The molecule has 0 N–H and O–H groups in total. The molecule has 0 amide bonds. The number of carbonyl (C=O) groups is 4. The average molecular weight is 729 g/mol. The van der Waals surface area contributed by atoms with Crippen molar-refractivity contribution in [2.24, 2.45) is 0 Å². The molecule has 0 aromatic heterocycles. The lowest BCUT2D eigenvalue weighted by atomic mass is 9.96. The number of unbranched alkanes of at least 4 members (excludes halogenated alkanes) is 10. The number of sulfone groups is 2. The molecule has 10 nitrogen and oxygen atoms in total. The Morgan fingerprint density at radius 3 is 1.12 bits per heavy atom. The molecule has 2 aromatic rings. The highest BCUT2D eigenvalue weighted by atomic mass is 32.2. The molecule has 0 radical (unpaired) electrons. The molecule has 0 saturated carbocycles. The second kappa shape index (κ2) is 18.9. The molecule has 0 heterocycles. The van der Waals surface area contributed by atoms with Crippen LogP contribution in [0.25, 0.3) is 0 Å². The summed E-state index contributed by atoms with van der Waals surface area (Å²) < 4.78 is 67.0. The van der Waals surface area contributed by atoms with Gasteiger partial charge < -0.3 is 9.47 Å². The zero-order valence-corrected chi connectivity index (χ0v) is 31.1. The van der Waals surface area contributed by atoms with Crippen LogP contribution in [0.1, 0.15) is 102 Å². The van der Waals surface area contributed by atoms with Crippen LogP contribution in [0, 0.1) is 13.8 Å². The first-order valence-electron chi connectivity index (χ1n) is 17.3. The summed E-state index contributed by atoms with van der Waals surface area (Å²) in [6.07, 6.45) is 10.0. The third-order valence-corrected chi connectivity index (χ3v) is 12.0. The predicted octanol–water partition coefficient (Wildman–Crippen LogP) is 7.02. The number of hydrogen-bond acceptors (Lipinski definition) is 10. The molecule has 272 valence electrons. The summed E-state index contributed by atoms with van der Waals surface area (Å²) in [5.74, 6) is -6.21. The monoisotopic (exact) mass is 728 g/mol. The van der Waals surface area contributed by atoms with Gasteiger partial charge in [-0.25, -0.2) is 26.4 Å². The molecule has 0 fully saturated rings. The van der Waals surface area contributed by atoms with Crippen molar-refractivity contribution in [2.75, 3.05) is 13.2 Å². The summed E-state index contributed by atoms with van der Waals surface area (Å²) in [4.78, 5) is 52.4. The van der Waals surface area contributed by atoms with Crippen molar-refractivity contribution >= 4 is 43.2 Å². The van der Waals surface area contributed by atoms with Gasteiger partial charge in [-0.3, -0.25) is 9.59 Å². The van der Waals surface area contributed by atoms with Crippen LogP contribution in [0.4, 0.5) is 0 Å². The summed E-state index contributed by atoms with van der Waals surface area (Å²) in [5.41, 5.74) is -1.15. The van der Waals surface area contributed by atoms with Crippen molar-refractivity contribution in [2.45, 2.75) is 115 Å². The Morgan fingerprint density at radius 1 is 0.500 bits per heavy atom. The summed E-state index contributed by atoms with van der Waals surface area (Å²) in [7, 11) is -9.95. The summed E-state index contributed by atoms with van der Waals surface area (Å²) in [5, 5.41) is 0. The van der Waals surface area contributed by atoms with Gasteiger partial charge in [0, 0.05) is 0 Å². The van der Waals surface area contributed by atoms with E-state index in [-0.39, 0.29) is 13.2 Å². The van der Waals surface area contributed by atoms with E-state index in [9.17, 15) is 36.0 Å². The molecule has 0 bridgehead atoms. The maximum Gasteiger partial charge on any atom is 0.343 e. The molecule has 1 aliphatic carbocycles. The number of ether oxygens (including phenoxy) is 2. The van der Waals surface area contributed by atoms with Gasteiger partial charge in [0.25, 0.3) is 0 Å². The molecule has 0 unspecified atom stereocenters. The van der Waals surface area contributed by atoms with E-state index in [0.29, 0.717) is 36.8 Å². The number of Topliss-reactive ketones (excluding diaryl/α,β-unsaturated/α-hetero) is 2. The second-order valence-electron chi connectivity index (χ2n) is 12.5. The molecule has 50 heavy (non-hydrogen) atoms. The van der Waals surface area contributed by atoms with Crippen LogP contribution in [-0.2, 0) is 48.3 Å². The Labute approximate surface area is 296 Å². The fraction of sp³-hybridized carbons (Fsp3) is 0.474. The fourth-order valence-corrected chi connectivity index (χ4v) is 8.50. The Kier molecular flexibility index (Phi) is 15.3. The first-order valence-corrected chi connectivity index (χ1v) is 20.3. The van der Waals surface area contributed by atoms with Crippen LogP contribution in [0.5, 0.6) is 0 Å². The lowest BCUT2D eigenvalue weighted by molar-refractivity contribution is -0.143. The third kappa shape index (κ3) is 10.1. The van der Waals surface area contributed by atoms with Gasteiger partial charge in [-0.1, -0.05) is 113 Å². The van der Waals surface area contributed by atoms with E-state index in [1.165, 1.54) is 48.5 Å². The van der Waals surface area contributed by atoms with Gasteiger partial charge in [-0.2, -0.15) is 0 Å². The van der Waals surface area contributed by atoms with E-state index in [4.69, 9.17) is 9.47 Å². The summed E-state index contributed by atoms with van der Waals surface area (Å²) >= 11 is 0. The Balaban J connectivity index is 2.15. The maximum absolute atomic E-state index is 14.3. The fourth-order valence-electron chi connectivity index (χ4n) is 5.45. The highest BCUT2D eigenvalue weighted by Crippen LogP contribution is 2.37. The van der Waals surface area contributed by atoms with Crippen LogP contribution in [0.15, 0.2) is 79.3 Å². The van der Waals surface area contributed by atoms with Crippen LogP contribution in [0.2, 0.25) is 0 Å². The molecule has 3 rings (SSSR count). The van der Waals surface area contributed by atoms with Gasteiger partial charge in [0.1, 0.15) is 21.0 Å². The van der Waals surface area contributed by atoms with Gasteiger partial charge in [0.05, 0.1) is 23.0 Å². The summed E-state index contributed by atoms with van der Waals surface area (Å²) in [6, 6.07) is 10.6. The zero-order chi connectivity index (χ0) is 36.9. The molecule has 1 aliphatic rings. The molecular weight excluding hydrogens is 681 g/mol. The second-order valence-corrected chi connectivity index (χ2v) is 16.3. The van der Waals surface area contributed by atoms with Crippen LogP contribution >= 0.6 is 0 Å². The van der Waals surface area contributed by atoms with Crippen molar-refractivity contribution in [1.29, 1.82) is 0 Å². The maximum atomic E-state index is 14.3. The Bertz CT molecular complexity index is 1680. The third-order valence-electron chi connectivity index (χ3n) is 8.39. The number of hydrogen-bond donors (Lipinski definition) is 0. The Hall–Kier alpha value is -3.90. The van der Waals surface area contributed by atoms with E-state index in [2.05, 4.69) is 13.8 Å². The van der Waals surface area contributed by atoms with E-state index >= 15 is 0 Å². The SMILES string of the molecule is CCCCCCCCOC(=O)C1=C(S(=O)(=O)c2ccc(C)cc2)C(=O)C(C(=O)OCCCCCCCC)=C(S(=O)(=O)c2ccc(C)cc2)C1=O. The van der Waals surface area contributed by atoms with Crippen molar-refractivity contribution in [1.82, 2.24) is 0 Å². The van der Waals surface area contributed by atoms with E-state index in [1.807, 2.05) is 0 Å². The molecule has 0 spiro atoms. The number of ketones is 2. The van der Waals surface area contributed by atoms with E-state index < -0.39 is 73.9 Å². The van der Waals surface area contributed by atoms with E-state index in [0.717, 1.165) is 51.4 Å². The molecular formula is C38H48O10S2. The van der Waals surface area contributed by atoms with Crippen molar-refractivity contribution < 1.29 is 45.5 Å². The minimum absolute atomic E-state index is 0.204. The highest BCUT2D eigenvalue weighted by Gasteiger charge is 2.51. The molecule has 2 aromatic carbocycles. The first kappa shape index (κ1) is 40.5.